The van der Waals surface area contributed by atoms with E-state index in [2.05, 4.69) is 67.6 Å². The molecule has 1 atom stereocenters. The standard InChI is InChI=1S/C22H22O/c1-22(17-23,20-15-9-4-10-16-20)21(18-11-5-2-6-12-18)19-13-7-3-8-14-19/h2-16,21,23H,17H2,1H3/t22-/m1/s1. The summed E-state index contributed by atoms with van der Waals surface area (Å²) in [6.45, 7) is 2.23. The maximum atomic E-state index is 10.3. The van der Waals surface area contributed by atoms with E-state index in [1.807, 2.05) is 30.3 Å². The number of aliphatic hydroxyl groups is 1. The number of benzene rings is 3. The Kier molecular flexibility index (Phi) is 4.59. The van der Waals surface area contributed by atoms with Crippen molar-refractivity contribution in [2.24, 2.45) is 0 Å². The van der Waals surface area contributed by atoms with Gasteiger partial charge in [-0.15, -0.1) is 0 Å². The van der Waals surface area contributed by atoms with Crippen LogP contribution in [0, 0.1) is 0 Å². The lowest BCUT2D eigenvalue weighted by Gasteiger charge is -2.37. The molecule has 3 aromatic rings. The van der Waals surface area contributed by atoms with E-state index in [0.717, 1.165) is 5.56 Å². The van der Waals surface area contributed by atoms with Gasteiger partial charge in [0.2, 0.25) is 0 Å². The maximum Gasteiger partial charge on any atom is 0.0534 e. The van der Waals surface area contributed by atoms with Crippen molar-refractivity contribution in [1.29, 1.82) is 0 Å². The lowest BCUT2D eigenvalue weighted by molar-refractivity contribution is 0.190. The van der Waals surface area contributed by atoms with Crippen molar-refractivity contribution >= 4 is 0 Å². The van der Waals surface area contributed by atoms with Gasteiger partial charge in [0.05, 0.1) is 6.61 Å². The molecule has 0 saturated heterocycles. The molecule has 23 heavy (non-hydrogen) atoms. The van der Waals surface area contributed by atoms with Gasteiger partial charge < -0.3 is 5.11 Å². The summed E-state index contributed by atoms with van der Waals surface area (Å²) in [4.78, 5) is 0. The molecular weight excluding hydrogens is 280 g/mol. The van der Waals surface area contributed by atoms with Crippen LogP contribution in [0.2, 0.25) is 0 Å². The Morgan fingerprint density at radius 2 is 1.09 bits per heavy atom. The van der Waals surface area contributed by atoms with E-state index in [4.69, 9.17) is 0 Å². The predicted octanol–water partition coefficient (Wildman–Crippen LogP) is 4.77. The smallest absolute Gasteiger partial charge is 0.0534 e. The fourth-order valence-electron chi connectivity index (χ4n) is 3.39. The minimum absolute atomic E-state index is 0.0888. The van der Waals surface area contributed by atoms with Gasteiger partial charge in [-0.2, -0.15) is 0 Å². The van der Waals surface area contributed by atoms with Crippen LogP contribution in [0.3, 0.4) is 0 Å². The third-order valence-corrected chi connectivity index (χ3v) is 4.66. The summed E-state index contributed by atoms with van der Waals surface area (Å²) in [6.07, 6.45) is 0. The quantitative estimate of drug-likeness (QED) is 0.720. The molecule has 116 valence electrons. The number of rotatable bonds is 5. The van der Waals surface area contributed by atoms with E-state index in [1.165, 1.54) is 11.1 Å². The van der Waals surface area contributed by atoms with Gasteiger partial charge in [-0.1, -0.05) is 97.9 Å². The largest absolute Gasteiger partial charge is 0.395 e. The molecule has 0 spiro atoms. The first kappa shape index (κ1) is 15.5. The summed E-state index contributed by atoms with van der Waals surface area (Å²) in [6, 6.07) is 31.2. The zero-order chi connectivity index (χ0) is 16.1. The molecule has 0 radical (unpaired) electrons. The van der Waals surface area contributed by atoms with Crippen molar-refractivity contribution in [3.8, 4) is 0 Å². The Morgan fingerprint density at radius 1 is 0.696 bits per heavy atom. The molecule has 0 bridgehead atoms. The van der Waals surface area contributed by atoms with Gasteiger partial charge in [0.15, 0.2) is 0 Å². The van der Waals surface area contributed by atoms with Crippen LogP contribution in [0.1, 0.15) is 29.5 Å². The summed E-state index contributed by atoms with van der Waals surface area (Å²) in [7, 11) is 0. The molecule has 0 heterocycles. The first-order valence-electron chi connectivity index (χ1n) is 8.02. The Bertz CT molecular complexity index is 682. The molecule has 0 aromatic heterocycles. The Hall–Kier alpha value is -2.38. The molecule has 0 aliphatic heterocycles. The highest BCUT2D eigenvalue weighted by Crippen LogP contribution is 2.43. The average Bonchev–Trinajstić information content (AvgIpc) is 2.64. The number of hydrogen-bond acceptors (Lipinski definition) is 1. The number of hydrogen-bond donors (Lipinski definition) is 1. The lowest BCUT2D eigenvalue weighted by Crippen LogP contribution is -2.35. The topological polar surface area (TPSA) is 20.2 Å². The molecule has 0 saturated carbocycles. The molecule has 3 aromatic carbocycles. The molecule has 1 nitrogen and oxygen atoms in total. The van der Waals surface area contributed by atoms with Gasteiger partial charge in [-0.3, -0.25) is 0 Å². The van der Waals surface area contributed by atoms with Crippen molar-refractivity contribution in [2.75, 3.05) is 6.61 Å². The molecular formula is C22H22O. The fourth-order valence-corrected chi connectivity index (χ4v) is 3.39. The van der Waals surface area contributed by atoms with E-state index in [1.54, 1.807) is 0 Å². The van der Waals surface area contributed by atoms with Crippen molar-refractivity contribution in [2.45, 2.75) is 18.3 Å². The van der Waals surface area contributed by atoms with Crippen LogP contribution in [-0.2, 0) is 5.41 Å². The van der Waals surface area contributed by atoms with E-state index >= 15 is 0 Å². The minimum atomic E-state index is -0.385. The SMILES string of the molecule is C[C@@](CO)(c1ccccc1)C(c1ccccc1)c1ccccc1. The van der Waals surface area contributed by atoms with Crippen molar-refractivity contribution < 1.29 is 5.11 Å². The third-order valence-electron chi connectivity index (χ3n) is 4.66. The van der Waals surface area contributed by atoms with Gasteiger partial charge >= 0.3 is 0 Å². The molecule has 1 heteroatoms. The second-order valence-electron chi connectivity index (χ2n) is 6.20. The van der Waals surface area contributed by atoms with Gasteiger partial charge in [0, 0.05) is 11.3 Å². The van der Waals surface area contributed by atoms with Crippen LogP contribution >= 0.6 is 0 Å². The Labute approximate surface area is 138 Å². The first-order valence-corrected chi connectivity index (χ1v) is 8.02. The molecule has 0 aliphatic carbocycles. The molecule has 0 fully saturated rings. The Balaban J connectivity index is 2.18. The maximum absolute atomic E-state index is 10.3. The van der Waals surface area contributed by atoms with Crippen LogP contribution in [0.15, 0.2) is 91.0 Å². The Morgan fingerprint density at radius 3 is 1.48 bits per heavy atom. The molecule has 0 aliphatic rings. The van der Waals surface area contributed by atoms with Crippen LogP contribution in [0.5, 0.6) is 0 Å². The van der Waals surface area contributed by atoms with Gasteiger partial charge in [0.25, 0.3) is 0 Å². The second kappa shape index (κ2) is 6.80. The number of aliphatic hydroxyl groups excluding tert-OH is 1. The van der Waals surface area contributed by atoms with Gasteiger partial charge in [-0.25, -0.2) is 0 Å². The second-order valence-corrected chi connectivity index (χ2v) is 6.20. The van der Waals surface area contributed by atoms with E-state index in [0.29, 0.717) is 0 Å². The van der Waals surface area contributed by atoms with Crippen LogP contribution < -0.4 is 0 Å². The molecule has 0 unspecified atom stereocenters. The first-order chi connectivity index (χ1) is 11.3. The highest BCUT2D eigenvalue weighted by atomic mass is 16.3. The van der Waals surface area contributed by atoms with Crippen molar-refractivity contribution in [1.82, 2.24) is 0 Å². The minimum Gasteiger partial charge on any atom is -0.395 e. The monoisotopic (exact) mass is 302 g/mol. The normalized spacial score (nSPS) is 13.7. The van der Waals surface area contributed by atoms with E-state index < -0.39 is 0 Å². The van der Waals surface area contributed by atoms with Crippen LogP contribution in [0.4, 0.5) is 0 Å². The highest BCUT2D eigenvalue weighted by Gasteiger charge is 2.37. The van der Waals surface area contributed by atoms with Crippen molar-refractivity contribution in [3.05, 3.63) is 108 Å². The molecule has 0 amide bonds. The predicted molar refractivity (Wildman–Crippen MR) is 95.6 cm³/mol. The van der Waals surface area contributed by atoms with Crippen LogP contribution in [-0.4, -0.2) is 11.7 Å². The van der Waals surface area contributed by atoms with Crippen LogP contribution in [0.25, 0.3) is 0 Å². The summed E-state index contributed by atoms with van der Waals surface area (Å²) in [5.74, 6) is 0.0947. The fraction of sp³-hybridized carbons (Fsp3) is 0.182. The summed E-state index contributed by atoms with van der Waals surface area (Å²) < 4.78 is 0. The van der Waals surface area contributed by atoms with Gasteiger partial charge in [0.1, 0.15) is 0 Å². The van der Waals surface area contributed by atoms with Gasteiger partial charge in [-0.05, 0) is 16.7 Å². The molecule has 3 rings (SSSR count). The van der Waals surface area contributed by atoms with E-state index in [9.17, 15) is 5.11 Å². The summed E-state index contributed by atoms with van der Waals surface area (Å²) in [5, 5.41) is 10.3. The average molecular weight is 302 g/mol. The lowest BCUT2D eigenvalue weighted by atomic mass is 9.66. The molecule has 1 N–H and O–H groups in total. The summed E-state index contributed by atoms with van der Waals surface area (Å²) >= 11 is 0. The zero-order valence-corrected chi connectivity index (χ0v) is 13.4. The third kappa shape index (κ3) is 3.06. The van der Waals surface area contributed by atoms with E-state index in [-0.39, 0.29) is 17.9 Å². The highest BCUT2D eigenvalue weighted by molar-refractivity contribution is 5.41. The van der Waals surface area contributed by atoms with Crippen molar-refractivity contribution in [3.63, 3.8) is 0 Å². The zero-order valence-electron chi connectivity index (χ0n) is 13.4. The summed E-state index contributed by atoms with van der Waals surface area (Å²) in [5.41, 5.74) is 3.21.